The summed E-state index contributed by atoms with van der Waals surface area (Å²) >= 11 is 0. The zero-order valence-corrected chi connectivity index (χ0v) is 19.0. The minimum absolute atomic E-state index is 0.0717. The van der Waals surface area contributed by atoms with Gasteiger partial charge in [-0.15, -0.1) is 0 Å². The number of nitrogens with one attached hydrogen (secondary N) is 3. The lowest BCUT2D eigenvalue weighted by atomic mass is 10.1. The minimum Gasteiger partial charge on any atom is -0.480 e. The molecule has 0 aromatic rings. The molecule has 0 aliphatic heterocycles. The summed E-state index contributed by atoms with van der Waals surface area (Å²) in [6.45, 7) is 1.52. The maximum absolute atomic E-state index is 12.7. The number of hydrogen-bond acceptors (Lipinski definition) is 9. The van der Waals surface area contributed by atoms with E-state index in [-0.39, 0.29) is 19.3 Å². The second kappa shape index (κ2) is 15.5. The van der Waals surface area contributed by atoms with Crippen LogP contribution in [0.5, 0.6) is 0 Å². The first-order chi connectivity index (χ1) is 15.8. The summed E-state index contributed by atoms with van der Waals surface area (Å²) in [4.78, 5) is 71.1. The summed E-state index contributed by atoms with van der Waals surface area (Å²) in [6, 6.07) is -5.68. The van der Waals surface area contributed by atoms with Crippen LogP contribution in [0.4, 0.5) is 0 Å². The van der Waals surface area contributed by atoms with Gasteiger partial charge in [0.15, 0.2) is 0 Å². The van der Waals surface area contributed by atoms with E-state index in [0.29, 0.717) is 19.4 Å². The Balaban J connectivity index is 5.36. The van der Waals surface area contributed by atoms with Gasteiger partial charge in [-0.25, -0.2) is 4.79 Å². The molecule has 0 aliphatic carbocycles. The van der Waals surface area contributed by atoms with Gasteiger partial charge in [-0.3, -0.25) is 24.0 Å². The Kier molecular flexibility index (Phi) is 14.0. The Hall–Kier alpha value is -3.30. The Labute approximate surface area is 196 Å². The first-order valence-corrected chi connectivity index (χ1v) is 10.6. The zero-order valence-electron chi connectivity index (χ0n) is 19.0. The Bertz CT molecular complexity index is 746. The average Bonchev–Trinajstić information content (AvgIpc) is 2.73. The highest BCUT2D eigenvalue weighted by Crippen LogP contribution is 2.04. The van der Waals surface area contributed by atoms with Crippen molar-refractivity contribution in [2.45, 2.75) is 75.7 Å². The number of primary amides is 2. The van der Waals surface area contributed by atoms with Gasteiger partial charge < -0.3 is 49.1 Å². The van der Waals surface area contributed by atoms with Gasteiger partial charge in [0.1, 0.15) is 18.1 Å². The largest absolute Gasteiger partial charge is 0.480 e. The number of unbranched alkanes of at least 4 members (excludes halogenated alkanes) is 1. The smallest absolute Gasteiger partial charge is 0.326 e. The number of carboxylic acid groups (broad SMARTS) is 1. The fourth-order valence-electron chi connectivity index (χ4n) is 2.79. The van der Waals surface area contributed by atoms with Crippen molar-refractivity contribution in [2.24, 2.45) is 22.9 Å². The normalized spacial score (nSPS) is 15.2. The van der Waals surface area contributed by atoms with Crippen molar-refractivity contribution in [3.63, 3.8) is 0 Å². The molecule has 0 saturated carbocycles. The van der Waals surface area contributed by atoms with E-state index < -0.39 is 72.2 Å². The Morgan fingerprint density at radius 2 is 1.41 bits per heavy atom. The van der Waals surface area contributed by atoms with Gasteiger partial charge in [0.25, 0.3) is 0 Å². The molecule has 0 heterocycles. The maximum Gasteiger partial charge on any atom is 0.326 e. The number of carbonyl (C=O) groups excluding carboxylic acids is 5. The van der Waals surface area contributed by atoms with Crippen LogP contribution in [-0.4, -0.2) is 82.5 Å². The summed E-state index contributed by atoms with van der Waals surface area (Å²) in [7, 11) is 0. The van der Waals surface area contributed by atoms with Crippen molar-refractivity contribution in [1.82, 2.24) is 16.0 Å². The molecule has 5 amide bonds. The zero-order chi connectivity index (χ0) is 26.4. The highest BCUT2D eigenvalue weighted by atomic mass is 16.4. The van der Waals surface area contributed by atoms with E-state index in [1.165, 1.54) is 6.92 Å². The summed E-state index contributed by atoms with van der Waals surface area (Å²) in [5, 5.41) is 25.9. The number of rotatable bonds is 17. The fourth-order valence-corrected chi connectivity index (χ4v) is 2.79. The van der Waals surface area contributed by atoms with Gasteiger partial charge in [-0.2, -0.15) is 0 Å². The van der Waals surface area contributed by atoms with Crippen molar-refractivity contribution in [2.75, 3.05) is 6.54 Å². The van der Waals surface area contributed by atoms with Crippen LogP contribution in [0, 0.1) is 0 Å². The monoisotopic (exact) mass is 489 g/mol. The van der Waals surface area contributed by atoms with Gasteiger partial charge in [0.2, 0.25) is 29.5 Å². The molecule has 13 N–H and O–H groups in total. The molecular weight excluding hydrogens is 454 g/mol. The van der Waals surface area contributed by atoms with Crippen molar-refractivity contribution in [3.8, 4) is 0 Å². The molecule has 0 aliphatic rings. The topological polar surface area (TPSA) is 283 Å². The van der Waals surface area contributed by atoms with Crippen LogP contribution in [-0.2, 0) is 28.8 Å². The Morgan fingerprint density at radius 3 is 1.88 bits per heavy atom. The second-order valence-corrected chi connectivity index (χ2v) is 7.75. The van der Waals surface area contributed by atoms with E-state index in [1.54, 1.807) is 0 Å². The van der Waals surface area contributed by atoms with Crippen LogP contribution in [0.2, 0.25) is 0 Å². The molecule has 15 nitrogen and oxygen atoms in total. The first-order valence-electron chi connectivity index (χ1n) is 10.6. The molecule has 0 saturated heterocycles. The molecule has 34 heavy (non-hydrogen) atoms. The van der Waals surface area contributed by atoms with Crippen LogP contribution in [0.25, 0.3) is 0 Å². The van der Waals surface area contributed by atoms with E-state index in [2.05, 4.69) is 16.0 Å². The van der Waals surface area contributed by atoms with Gasteiger partial charge >= 0.3 is 5.97 Å². The molecule has 194 valence electrons. The lowest BCUT2D eigenvalue weighted by Gasteiger charge is -2.26. The van der Waals surface area contributed by atoms with E-state index in [9.17, 15) is 39.0 Å². The number of aliphatic hydroxyl groups is 1. The van der Waals surface area contributed by atoms with Gasteiger partial charge in [0.05, 0.1) is 18.6 Å². The predicted octanol–water partition coefficient (Wildman–Crippen LogP) is -4.50. The van der Waals surface area contributed by atoms with Crippen molar-refractivity contribution in [1.29, 1.82) is 0 Å². The third-order valence-corrected chi connectivity index (χ3v) is 4.70. The highest BCUT2D eigenvalue weighted by molar-refractivity contribution is 5.96. The number of carboxylic acids is 1. The van der Waals surface area contributed by atoms with Crippen LogP contribution < -0.4 is 38.9 Å². The van der Waals surface area contributed by atoms with E-state index in [1.807, 2.05) is 0 Å². The number of carbonyl (C=O) groups is 6. The lowest BCUT2D eigenvalue weighted by Crippen LogP contribution is -2.60. The summed E-state index contributed by atoms with van der Waals surface area (Å²) in [5.41, 5.74) is 21.1. The number of aliphatic hydroxyl groups excluding tert-OH is 1. The van der Waals surface area contributed by atoms with Crippen molar-refractivity contribution in [3.05, 3.63) is 0 Å². The molecule has 0 fully saturated rings. The number of amides is 5. The second-order valence-electron chi connectivity index (χ2n) is 7.75. The van der Waals surface area contributed by atoms with Crippen LogP contribution in [0.15, 0.2) is 0 Å². The van der Waals surface area contributed by atoms with Crippen molar-refractivity contribution < 1.29 is 39.0 Å². The Morgan fingerprint density at radius 1 is 0.824 bits per heavy atom. The molecule has 0 spiro atoms. The molecule has 0 bridgehead atoms. The third kappa shape index (κ3) is 12.1. The number of aliphatic carboxylic acids is 1. The number of nitrogens with two attached hydrogens (primary N) is 4. The summed E-state index contributed by atoms with van der Waals surface area (Å²) in [5.74, 6) is -5.90. The molecule has 5 atom stereocenters. The van der Waals surface area contributed by atoms with E-state index in [0.717, 1.165) is 0 Å². The van der Waals surface area contributed by atoms with Crippen LogP contribution >= 0.6 is 0 Å². The van der Waals surface area contributed by atoms with Gasteiger partial charge in [-0.05, 0) is 39.2 Å². The molecular formula is C19H35N7O8. The lowest BCUT2D eigenvalue weighted by molar-refractivity contribution is -0.143. The molecule has 0 radical (unpaired) electrons. The molecule has 15 heteroatoms. The molecule has 5 unspecified atom stereocenters. The minimum atomic E-state index is -1.61. The van der Waals surface area contributed by atoms with Crippen LogP contribution in [0.3, 0.4) is 0 Å². The first kappa shape index (κ1) is 30.7. The predicted molar refractivity (Wildman–Crippen MR) is 118 cm³/mol. The van der Waals surface area contributed by atoms with Crippen molar-refractivity contribution >= 4 is 35.5 Å². The number of hydrogen-bond donors (Lipinski definition) is 9. The quantitative estimate of drug-likeness (QED) is 0.0882. The summed E-state index contributed by atoms with van der Waals surface area (Å²) < 4.78 is 0. The summed E-state index contributed by atoms with van der Waals surface area (Å²) in [6.07, 6.45) is -1.42. The van der Waals surface area contributed by atoms with Gasteiger partial charge in [-0.1, -0.05) is 0 Å². The average molecular weight is 490 g/mol. The molecule has 0 rings (SSSR count). The molecule has 0 aromatic heterocycles. The fraction of sp³-hybridized carbons (Fsp3) is 0.684. The standard InChI is InChI=1S/C19H35N7O8/c1-9(27)15(18(32)24-11(19(33)34)4-2-3-7-20)26-17(31)12(8-14(23)29)25-16(30)10(21)5-6-13(22)28/h9-12,15,27H,2-8,20-21H2,1H3,(H2,22,28)(H2,23,29)(H,24,32)(H,25,30)(H,26,31)(H,33,34). The maximum atomic E-state index is 12.7. The SMILES string of the molecule is CC(O)C(NC(=O)C(CC(N)=O)NC(=O)C(N)CCC(N)=O)C(=O)NC(CCCCN)C(=O)O. The molecule has 0 aromatic carbocycles. The highest BCUT2D eigenvalue weighted by Gasteiger charge is 2.33. The third-order valence-electron chi connectivity index (χ3n) is 4.70. The van der Waals surface area contributed by atoms with Crippen LogP contribution in [0.1, 0.15) is 45.4 Å². The van der Waals surface area contributed by atoms with E-state index >= 15 is 0 Å². The van der Waals surface area contributed by atoms with E-state index in [4.69, 9.17) is 22.9 Å². The van der Waals surface area contributed by atoms with Gasteiger partial charge in [0, 0.05) is 6.42 Å².